The molecule has 21 heavy (non-hydrogen) atoms. The van der Waals surface area contributed by atoms with Gasteiger partial charge >= 0.3 is 0 Å². The fourth-order valence-electron chi connectivity index (χ4n) is 3.40. The normalized spacial score (nSPS) is 24.8. The summed E-state index contributed by atoms with van der Waals surface area (Å²) in [5.74, 6) is 1.65. The Morgan fingerprint density at radius 2 is 1.95 bits per heavy atom. The first kappa shape index (κ1) is 16.1. The molecule has 1 saturated heterocycles. The van der Waals surface area contributed by atoms with Crippen molar-refractivity contribution in [1.82, 2.24) is 15.5 Å². The van der Waals surface area contributed by atoms with Gasteiger partial charge in [-0.1, -0.05) is 26.2 Å². The molecule has 0 radical (unpaired) electrons. The van der Waals surface area contributed by atoms with Crippen LogP contribution in [0, 0.1) is 5.92 Å². The number of aliphatic imine (C=N–C) groups is 1. The fourth-order valence-corrected chi connectivity index (χ4v) is 3.40. The van der Waals surface area contributed by atoms with Crippen molar-refractivity contribution in [3.8, 4) is 0 Å². The van der Waals surface area contributed by atoms with Crippen LogP contribution in [0.25, 0.3) is 0 Å². The number of piperidine rings is 1. The standard InChI is InChI=1S/C16H30N4O/c1-13-7-6-10-20(12-13)16(17-2)18-11-15(21)19-14-8-4-3-5-9-14/h13-14H,3-12H2,1-2H3,(H,17,18)(H,19,21). The van der Waals surface area contributed by atoms with E-state index in [0.29, 0.717) is 18.5 Å². The highest BCUT2D eigenvalue weighted by Crippen LogP contribution is 2.17. The van der Waals surface area contributed by atoms with E-state index in [9.17, 15) is 4.79 Å². The predicted octanol–water partition coefficient (Wildman–Crippen LogP) is 1.74. The predicted molar refractivity (Wildman–Crippen MR) is 86.3 cm³/mol. The van der Waals surface area contributed by atoms with Crippen LogP contribution < -0.4 is 10.6 Å². The van der Waals surface area contributed by atoms with E-state index in [4.69, 9.17) is 0 Å². The van der Waals surface area contributed by atoms with Crippen molar-refractivity contribution in [3.05, 3.63) is 0 Å². The summed E-state index contributed by atoms with van der Waals surface area (Å²) in [6, 6.07) is 0.380. The lowest BCUT2D eigenvalue weighted by molar-refractivity contribution is -0.120. The first-order chi connectivity index (χ1) is 10.2. The summed E-state index contributed by atoms with van der Waals surface area (Å²) in [5, 5.41) is 6.35. The van der Waals surface area contributed by atoms with Crippen LogP contribution in [0.3, 0.4) is 0 Å². The van der Waals surface area contributed by atoms with Gasteiger partial charge in [0, 0.05) is 26.2 Å². The summed E-state index contributed by atoms with van der Waals surface area (Å²) in [5.41, 5.74) is 0. The lowest BCUT2D eigenvalue weighted by atomic mass is 9.95. The van der Waals surface area contributed by atoms with Crippen LogP contribution in [-0.4, -0.2) is 49.5 Å². The maximum absolute atomic E-state index is 12.0. The molecule has 0 aromatic carbocycles. The third kappa shape index (κ3) is 5.21. The molecule has 1 aliphatic heterocycles. The van der Waals surface area contributed by atoms with Gasteiger partial charge in [-0.05, 0) is 31.6 Å². The third-order valence-corrected chi connectivity index (χ3v) is 4.55. The Kier molecular flexibility index (Phi) is 6.33. The maximum Gasteiger partial charge on any atom is 0.239 e. The molecule has 5 nitrogen and oxygen atoms in total. The smallest absolute Gasteiger partial charge is 0.239 e. The Morgan fingerprint density at radius 1 is 1.19 bits per heavy atom. The van der Waals surface area contributed by atoms with E-state index in [1.165, 1.54) is 32.1 Å². The van der Waals surface area contributed by atoms with Gasteiger partial charge in [-0.25, -0.2) is 0 Å². The molecule has 1 saturated carbocycles. The van der Waals surface area contributed by atoms with Crippen molar-refractivity contribution in [1.29, 1.82) is 0 Å². The number of rotatable bonds is 3. The molecule has 1 unspecified atom stereocenters. The molecule has 2 N–H and O–H groups in total. The third-order valence-electron chi connectivity index (χ3n) is 4.55. The Bertz CT molecular complexity index is 363. The van der Waals surface area contributed by atoms with Gasteiger partial charge in [0.2, 0.25) is 5.91 Å². The second kappa shape index (κ2) is 8.25. The van der Waals surface area contributed by atoms with Gasteiger partial charge in [-0.3, -0.25) is 9.79 Å². The second-order valence-corrected chi connectivity index (χ2v) is 6.50. The van der Waals surface area contributed by atoms with Gasteiger partial charge in [0.15, 0.2) is 5.96 Å². The van der Waals surface area contributed by atoms with E-state index in [0.717, 1.165) is 31.9 Å². The molecular formula is C16H30N4O. The van der Waals surface area contributed by atoms with Crippen LogP contribution in [0.1, 0.15) is 51.9 Å². The average molecular weight is 294 g/mol. The van der Waals surface area contributed by atoms with Crippen molar-refractivity contribution >= 4 is 11.9 Å². The number of nitrogens with zero attached hydrogens (tertiary/aromatic N) is 2. The molecule has 0 bridgehead atoms. The monoisotopic (exact) mass is 294 g/mol. The van der Waals surface area contributed by atoms with Crippen LogP contribution in [0.4, 0.5) is 0 Å². The van der Waals surface area contributed by atoms with Crippen LogP contribution >= 0.6 is 0 Å². The highest BCUT2D eigenvalue weighted by Gasteiger charge is 2.20. The van der Waals surface area contributed by atoms with E-state index in [-0.39, 0.29) is 5.91 Å². The largest absolute Gasteiger partial charge is 0.352 e. The number of amides is 1. The minimum absolute atomic E-state index is 0.0908. The molecule has 5 heteroatoms. The molecule has 1 amide bonds. The van der Waals surface area contributed by atoms with Crippen LogP contribution in [0.5, 0.6) is 0 Å². The molecule has 0 aromatic heterocycles. The Balaban J connectivity index is 1.73. The van der Waals surface area contributed by atoms with E-state index in [1.807, 2.05) is 0 Å². The van der Waals surface area contributed by atoms with Crippen molar-refractivity contribution in [2.45, 2.75) is 57.9 Å². The quantitative estimate of drug-likeness (QED) is 0.616. The average Bonchev–Trinajstić information content (AvgIpc) is 2.49. The van der Waals surface area contributed by atoms with Crippen LogP contribution in [-0.2, 0) is 4.79 Å². The second-order valence-electron chi connectivity index (χ2n) is 6.50. The number of nitrogens with one attached hydrogen (secondary N) is 2. The summed E-state index contributed by atoms with van der Waals surface area (Å²) < 4.78 is 0. The Morgan fingerprint density at radius 3 is 2.62 bits per heavy atom. The highest BCUT2D eigenvalue weighted by molar-refractivity contribution is 5.86. The Hall–Kier alpha value is -1.26. The first-order valence-corrected chi connectivity index (χ1v) is 8.44. The van der Waals surface area contributed by atoms with Crippen LogP contribution in [0.15, 0.2) is 4.99 Å². The van der Waals surface area contributed by atoms with E-state index < -0.39 is 0 Å². The summed E-state index contributed by atoms with van der Waals surface area (Å²) in [7, 11) is 1.79. The molecule has 1 atom stereocenters. The zero-order valence-corrected chi connectivity index (χ0v) is 13.5. The fraction of sp³-hybridized carbons (Fsp3) is 0.875. The lowest BCUT2D eigenvalue weighted by Gasteiger charge is -2.33. The van der Waals surface area contributed by atoms with E-state index in [2.05, 4.69) is 27.4 Å². The number of guanidine groups is 1. The minimum Gasteiger partial charge on any atom is -0.352 e. The van der Waals surface area contributed by atoms with E-state index >= 15 is 0 Å². The van der Waals surface area contributed by atoms with Gasteiger partial charge in [0.05, 0.1) is 6.54 Å². The molecular weight excluding hydrogens is 264 g/mol. The summed E-state index contributed by atoms with van der Waals surface area (Å²) in [6.45, 7) is 4.67. The zero-order chi connectivity index (χ0) is 15.1. The maximum atomic E-state index is 12.0. The van der Waals surface area contributed by atoms with Gasteiger partial charge in [-0.2, -0.15) is 0 Å². The molecule has 2 aliphatic rings. The van der Waals surface area contributed by atoms with Crippen molar-refractivity contribution < 1.29 is 4.79 Å². The van der Waals surface area contributed by atoms with Crippen molar-refractivity contribution in [2.24, 2.45) is 10.9 Å². The molecule has 1 heterocycles. The molecule has 120 valence electrons. The SMILES string of the molecule is CN=C(NCC(=O)NC1CCCCC1)N1CCCC(C)C1. The van der Waals surface area contributed by atoms with Gasteiger partial charge in [0.1, 0.15) is 0 Å². The topological polar surface area (TPSA) is 56.7 Å². The zero-order valence-electron chi connectivity index (χ0n) is 13.5. The van der Waals surface area contributed by atoms with Gasteiger partial charge in [-0.15, -0.1) is 0 Å². The first-order valence-electron chi connectivity index (χ1n) is 8.44. The Labute approximate surface area is 128 Å². The molecule has 2 rings (SSSR count). The molecule has 0 aromatic rings. The number of likely N-dealkylation sites (tertiary alicyclic amines) is 1. The van der Waals surface area contributed by atoms with Crippen LogP contribution in [0.2, 0.25) is 0 Å². The molecule has 1 aliphatic carbocycles. The summed E-state index contributed by atoms with van der Waals surface area (Å²) in [4.78, 5) is 18.6. The number of carbonyl (C=O) groups is 1. The number of carbonyl (C=O) groups excluding carboxylic acids is 1. The van der Waals surface area contributed by atoms with Crippen molar-refractivity contribution in [3.63, 3.8) is 0 Å². The molecule has 0 spiro atoms. The number of hydrogen-bond donors (Lipinski definition) is 2. The highest BCUT2D eigenvalue weighted by atomic mass is 16.2. The van der Waals surface area contributed by atoms with Crippen molar-refractivity contribution in [2.75, 3.05) is 26.7 Å². The van der Waals surface area contributed by atoms with Gasteiger partial charge < -0.3 is 15.5 Å². The molecule has 2 fully saturated rings. The summed E-state index contributed by atoms with van der Waals surface area (Å²) in [6.07, 6.45) is 8.54. The summed E-state index contributed by atoms with van der Waals surface area (Å²) >= 11 is 0. The minimum atomic E-state index is 0.0908. The van der Waals surface area contributed by atoms with E-state index in [1.54, 1.807) is 7.05 Å². The lowest BCUT2D eigenvalue weighted by Crippen LogP contribution is -2.49. The van der Waals surface area contributed by atoms with Gasteiger partial charge in [0.25, 0.3) is 0 Å². The number of hydrogen-bond acceptors (Lipinski definition) is 2.